The lowest BCUT2D eigenvalue weighted by Gasteiger charge is -2.33. The van der Waals surface area contributed by atoms with Crippen LogP contribution in [0.3, 0.4) is 0 Å². The highest BCUT2D eigenvalue weighted by Crippen LogP contribution is 2.38. The molecule has 1 aromatic carbocycles. The molecule has 0 saturated heterocycles. The zero-order valence-corrected chi connectivity index (χ0v) is 12.6. The van der Waals surface area contributed by atoms with Crippen molar-refractivity contribution >= 4 is 10.5 Å². The van der Waals surface area contributed by atoms with Crippen LogP contribution in [0, 0.1) is 22.6 Å². The largest absolute Gasteiger partial charge is 0.551 e. The fraction of sp³-hybridized carbons (Fsp3) is 0.462. The Morgan fingerprint density at radius 3 is 2.35 bits per heavy atom. The monoisotopic (exact) mass is 251 g/mol. The van der Waals surface area contributed by atoms with Crippen LogP contribution < -0.4 is 4.43 Å². The Labute approximate surface area is 105 Å². The Morgan fingerprint density at radius 1 is 1.41 bits per heavy atom. The minimum absolute atomic E-state index is 0.0263. The van der Waals surface area contributed by atoms with Crippen LogP contribution in [0.25, 0.3) is 0 Å². The molecule has 4 heteroatoms. The molecule has 1 fully saturated rings. The van der Waals surface area contributed by atoms with E-state index >= 15 is 0 Å². The number of hydrogen-bond acceptors (Lipinski definition) is 2. The molecule has 1 aromatic rings. The minimum Gasteiger partial charge on any atom is -0.551 e. The van der Waals surface area contributed by atoms with Gasteiger partial charge >= 0.3 is 0 Å². The van der Waals surface area contributed by atoms with E-state index in [2.05, 4.69) is 13.8 Å². The van der Waals surface area contributed by atoms with E-state index in [4.69, 9.17) is 9.69 Å². The van der Waals surface area contributed by atoms with Gasteiger partial charge in [0.2, 0.25) is 10.5 Å². The lowest BCUT2D eigenvalue weighted by Crippen LogP contribution is -2.20. The van der Waals surface area contributed by atoms with E-state index in [9.17, 15) is 4.39 Å². The van der Waals surface area contributed by atoms with Gasteiger partial charge in [0.1, 0.15) is 11.8 Å². The van der Waals surface area contributed by atoms with Gasteiger partial charge < -0.3 is 4.43 Å². The molecule has 0 N–H and O–H groups in total. The second kappa shape index (κ2) is 5.83. The smallest absolute Gasteiger partial charge is 0.204 e. The summed E-state index contributed by atoms with van der Waals surface area (Å²) in [6.07, 6.45) is 4.37. The average Bonchev–Trinajstić information content (AvgIpc) is 2.28. The molecule has 0 amide bonds. The van der Waals surface area contributed by atoms with E-state index in [-0.39, 0.29) is 11.3 Å². The van der Waals surface area contributed by atoms with E-state index in [1.54, 1.807) is 12.1 Å². The maximum Gasteiger partial charge on any atom is 0.204 e. The Hall–Kier alpha value is -1.34. The quantitative estimate of drug-likeness (QED) is 0.719. The number of rotatable bonds is 1. The van der Waals surface area contributed by atoms with Gasteiger partial charge in [0, 0.05) is 0 Å². The fourth-order valence-electron chi connectivity index (χ4n) is 1.64. The summed E-state index contributed by atoms with van der Waals surface area (Å²) in [5, 5.41) is 8.40. The molecule has 0 radical (unpaired) electrons. The molecule has 92 valence electrons. The summed E-state index contributed by atoms with van der Waals surface area (Å²) < 4.78 is 17.7. The van der Waals surface area contributed by atoms with Gasteiger partial charge in [-0.25, -0.2) is 4.39 Å². The summed E-state index contributed by atoms with van der Waals surface area (Å²) in [5.41, 5.74) is 0.748. The summed E-state index contributed by atoms with van der Waals surface area (Å²) in [4.78, 5) is 0. The van der Waals surface area contributed by atoms with Crippen LogP contribution in [0.4, 0.5) is 4.39 Å². The standard InChI is InChI=1S/C7H6FNOSi.C6H12/c8-7-5(4-9)2-1-3-6(7)10-11;1-6(2)4-3-5-6/h1-3H,11H3;3-5H2,1-2H3. The summed E-state index contributed by atoms with van der Waals surface area (Å²) in [5.74, 6) is -0.402. The maximum atomic E-state index is 12.9. The second-order valence-corrected chi connectivity index (χ2v) is 5.36. The topological polar surface area (TPSA) is 33.0 Å². The fourth-order valence-corrected chi connectivity index (χ4v) is 1.95. The van der Waals surface area contributed by atoms with Crippen LogP contribution in [0.5, 0.6) is 5.75 Å². The molecule has 0 heterocycles. The molecule has 2 rings (SSSR count). The number of hydrogen-bond donors (Lipinski definition) is 0. The van der Waals surface area contributed by atoms with E-state index < -0.39 is 5.82 Å². The van der Waals surface area contributed by atoms with Crippen molar-refractivity contribution in [2.75, 3.05) is 0 Å². The zero-order chi connectivity index (χ0) is 12.9. The molecule has 0 bridgehead atoms. The Bertz CT molecular complexity index is 420. The second-order valence-electron chi connectivity index (χ2n) is 4.95. The van der Waals surface area contributed by atoms with Crippen LogP contribution in [0.1, 0.15) is 38.7 Å². The van der Waals surface area contributed by atoms with E-state index in [0.717, 1.165) is 5.41 Å². The number of nitriles is 1. The molecular formula is C13H18FNOSi. The first kappa shape index (κ1) is 13.7. The molecule has 1 saturated carbocycles. The average molecular weight is 251 g/mol. The van der Waals surface area contributed by atoms with Crippen molar-refractivity contribution in [1.29, 1.82) is 5.26 Å². The van der Waals surface area contributed by atoms with Crippen molar-refractivity contribution in [3.05, 3.63) is 29.6 Å². The molecule has 1 aliphatic carbocycles. The van der Waals surface area contributed by atoms with E-state index in [0.29, 0.717) is 10.5 Å². The van der Waals surface area contributed by atoms with Crippen molar-refractivity contribution in [2.45, 2.75) is 33.1 Å². The lowest BCUT2D eigenvalue weighted by molar-refractivity contribution is 0.190. The van der Waals surface area contributed by atoms with Crippen molar-refractivity contribution in [2.24, 2.45) is 5.41 Å². The van der Waals surface area contributed by atoms with Crippen LogP contribution in [0.15, 0.2) is 18.2 Å². The molecule has 0 aromatic heterocycles. The first-order valence-electron chi connectivity index (χ1n) is 5.73. The highest BCUT2D eigenvalue weighted by Gasteiger charge is 2.25. The van der Waals surface area contributed by atoms with Gasteiger partial charge in [-0.1, -0.05) is 26.3 Å². The van der Waals surface area contributed by atoms with Gasteiger partial charge in [-0.3, -0.25) is 0 Å². The summed E-state index contributed by atoms with van der Waals surface area (Å²) in [6, 6.07) is 6.24. The first-order valence-corrected chi connectivity index (χ1v) is 6.54. The van der Waals surface area contributed by atoms with Gasteiger partial charge in [0.05, 0.1) is 5.56 Å². The molecule has 0 unspecified atom stereocenters. The Balaban J connectivity index is 0.000000202. The molecular weight excluding hydrogens is 233 g/mol. The van der Waals surface area contributed by atoms with Crippen LogP contribution in [-0.4, -0.2) is 10.5 Å². The molecule has 0 aliphatic heterocycles. The summed E-state index contributed by atoms with van der Waals surface area (Å²) in [6.45, 7) is 4.66. The van der Waals surface area contributed by atoms with Crippen molar-refractivity contribution < 1.29 is 8.82 Å². The molecule has 17 heavy (non-hydrogen) atoms. The third-order valence-electron chi connectivity index (χ3n) is 3.01. The number of benzene rings is 1. The third-order valence-corrected chi connectivity index (χ3v) is 3.45. The third kappa shape index (κ3) is 3.86. The van der Waals surface area contributed by atoms with Gasteiger partial charge in [-0.05, 0) is 30.4 Å². The molecule has 0 atom stereocenters. The SMILES string of the molecule is CC1(C)CCC1.N#Cc1cccc(O[SiH3])c1F. The van der Waals surface area contributed by atoms with Gasteiger partial charge in [0.25, 0.3) is 0 Å². The maximum absolute atomic E-state index is 12.9. The van der Waals surface area contributed by atoms with Crippen molar-refractivity contribution in [1.82, 2.24) is 0 Å². The van der Waals surface area contributed by atoms with Crippen LogP contribution in [-0.2, 0) is 0 Å². The predicted molar refractivity (Wildman–Crippen MR) is 69.3 cm³/mol. The first-order chi connectivity index (χ1) is 8.00. The van der Waals surface area contributed by atoms with E-state index in [1.807, 2.05) is 0 Å². The van der Waals surface area contributed by atoms with Crippen molar-refractivity contribution in [3.63, 3.8) is 0 Å². The Morgan fingerprint density at radius 2 is 2.00 bits per heavy atom. The molecule has 0 spiro atoms. The highest BCUT2D eigenvalue weighted by atomic mass is 28.2. The minimum atomic E-state index is -0.565. The van der Waals surface area contributed by atoms with Gasteiger partial charge in [0.15, 0.2) is 5.82 Å². The number of nitrogens with zero attached hydrogens (tertiary/aromatic N) is 1. The predicted octanol–water partition coefficient (Wildman–Crippen LogP) is 2.55. The molecule has 2 nitrogen and oxygen atoms in total. The normalized spacial score (nSPS) is 16.1. The van der Waals surface area contributed by atoms with Gasteiger partial charge in [-0.2, -0.15) is 5.26 Å². The number of halogens is 1. The summed E-state index contributed by atoms with van der Waals surface area (Å²) in [7, 11) is 0.426. The van der Waals surface area contributed by atoms with Crippen LogP contribution >= 0.6 is 0 Å². The van der Waals surface area contributed by atoms with E-state index in [1.165, 1.54) is 31.4 Å². The highest BCUT2D eigenvalue weighted by molar-refractivity contribution is 6.00. The van der Waals surface area contributed by atoms with Gasteiger partial charge in [-0.15, -0.1) is 0 Å². The lowest BCUT2D eigenvalue weighted by atomic mass is 9.72. The molecule has 1 aliphatic rings. The zero-order valence-electron chi connectivity index (χ0n) is 10.6. The Kier molecular flexibility index (Phi) is 4.70. The van der Waals surface area contributed by atoms with Crippen LogP contribution in [0.2, 0.25) is 0 Å². The van der Waals surface area contributed by atoms with Crippen molar-refractivity contribution in [3.8, 4) is 11.8 Å². The summed E-state index contributed by atoms with van der Waals surface area (Å²) >= 11 is 0.